The lowest BCUT2D eigenvalue weighted by molar-refractivity contribution is -0.143. The van der Waals surface area contributed by atoms with Crippen molar-refractivity contribution < 1.29 is 14.3 Å². The zero-order valence-electron chi connectivity index (χ0n) is 20.1. The van der Waals surface area contributed by atoms with Crippen molar-refractivity contribution in [3.63, 3.8) is 0 Å². The Hall–Kier alpha value is -1.92. The van der Waals surface area contributed by atoms with Gasteiger partial charge in [-0.1, -0.05) is 38.8 Å². The molecule has 6 nitrogen and oxygen atoms in total. The van der Waals surface area contributed by atoms with E-state index in [4.69, 9.17) is 4.74 Å². The summed E-state index contributed by atoms with van der Waals surface area (Å²) < 4.78 is 5.19. The van der Waals surface area contributed by atoms with Crippen LogP contribution in [0.4, 0.5) is 5.69 Å². The SMILES string of the molecule is CCC(=O)OCCN1CCN(CCCN(C(=O)CC)c2ccc(C3CCCC3)cc2)CC1. The number of carbonyl (C=O) groups is 2. The number of hydrogen-bond acceptors (Lipinski definition) is 5. The molecule has 1 saturated heterocycles. The predicted octanol–water partition coefficient (Wildman–Crippen LogP) is 4.05. The maximum absolute atomic E-state index is 12.6. The third kappa shape index (κ3) is 7.31. The summed E-state index contributed by atoms with van der Waals surface area (Å²) in [5, 5.41) is 0. The summed E-state index contributed by atoms with van der Waals surface area (Å²) in [6.07, 6.45) is 7.23. The minimum Gasteiger partial charge on any atom is -0.464 e. The first-order chi connectivity index (χ1) is 15.6. The Morgan fingerprint density at radius 3 is 2.16 bits per heavy atom. The first-order valence-corrected chi connectivity index (χ1v) is 12.6. The highest BCUT2D eigenvalue weighted by Gasteiger charge is 2.20. The normalized spacial score (nSPS) is 18.1. The maximum atomic E-state index is 12.6. The van der Waals surface area contributed by atoms with Gasteiger partial charge in [0.05, 0.1) is 0 Å². The Morgan fingerprint density at radius 2 is 1.56 bits per heavy atom. The van der Waals surface area contributed by atoms with E-state index in [0.29, 0.717) is 25.4 Å². The smallest absolute Gasteiger partial charge is 0.305 e. The summed E-state index contributed by atoms with van der Waals surface area (Å²) in [7, 11) is 0. The fraction of sp³-hybridized carbons (Fsp3) is 0.692. The minimum absolute atomic E-state index is 0.122. The number of esters is 1. The predicted molar refractivity (Wildman–Crippen MR) is 129 cm³/mol. The van der Waals surface area contributed by atoms with Crippen molar-refractivity contribution in [3.8, 4) is 0 Å². The monoisotopic (exact) mass is 443 g/mol. The van der Waals surface area contributed by atoms with Crippen LogP contribution in [0.5, 0.6) is 0 Å². The molecule has 0 N–H and O–H groups in total. The number of hydrogen-bond donors (Lipinski definition) is 0. The summed E-state index contributed by atoms with van der Waals surface area (Å²) in [6.45, 7) is 10.9. The fourth-order valence-corrected chi connectivity index (χ4v) is 4.85. The lowest BCUT2D eigenvalue weighted by Gasteiger charge is -2.35. The molecule has 1 aliphatic heterocycles. The molecule has 32 heavy (non-hydrogen) atoms. The summed E-state index contributed by atoms with van der Waals surface area (Å²) >= 11 is 0. The second-order valence-electron chi connectivity index (χ2n) is 9.08. The first-order valence-electron chi connectivity index (χ1n) is 12.6. The van der Waals surface area contributed by atoms with Gasteiger partial charge in [0.2, 0.25) is 5.91 Å². The molecule has 1 aliphatic carbocycles. The van der Waals surface area contributed by atoms with Crippen molar-refractivity contribution in [2.45, 2.75) is 64.7 Å². The summed E-state index contributed by atoms with van der Waals surface area (Å²) in [5.74, 6) is 0.782. The third-order valence-corrected chi connectivity index (χ3v) is 6.92. The summed E-state index contributed by atoms with van der Waals surface area (Å²) in [5.41, 5.74) is 2.46. The van der Waals surface area contributed by atoms with Gasteiger partial charge in [0.25, 0.3) is 0 Å². The van der Waals surface area contributed by atoms with Crippen molar-refractivity contribution in [3.05, 3.63) is 29.8 Å². The largest absolute Gasteiger partial charge is 0.464 e. The molecule has 3 rings (SSSR count). The second-order valence-corrected chi connectivity index (χ2v) is 9.08. The standard InChI is InChI=1S/C26H41N3O3/c1-3-25(30)29(24-12-10-23(11-13-24)22-8-5-6-9-22)15-7-14-27-16-18-28(19-17-27)20-21-32-26(31)4-2/h10-13,22H,3-9,14-21H2,1-2H3. The van der Waals surface area contributed by atoms with Gasteiger partial charge in [-0.15, -0.1) is 0 Å². The van der Waals surface area contributed by atoms with E-state index in [9.17, 15) is 9.59 Å². The van der Waals surface area contributed by atoms with Crippen LogP contribution in [0.15, 0.2) is 24.3 Å². The Kier molecular flexibility index (Phi) is 10.0. The quantitative estimate of drug-likeness (QED) is 0.483. The molecule has 0 spiro atoms. The van der Waals surface area contributed by atoms with Gasteiger partial charge in [-0.2, -0.15) is 0 Å². The highest BCUT2D eigenvalue weighted by atomic mass is 16.5. The number of piperazine rings is 1. The van der Waals surface area contributed by atoms with Crippen LogP contribution in [0.2, 0.25) is 0 Å². The van der Waals surface area contributed by atoms with Gasteiger partial charge in [-0.05, 0) is 49.4 Å². The Balaban J connectivity index is 1.41. The van der Waals surface area contributed by atoms with Gasteiger partial charge in [0.1, 0.15) is 6.61 Å². The molecule has 2 aliphatic rings. The molecule has 6 heteroatoms. The van der Waals surface area contributed by atoms with Crippen LogP contribution in [-0.2, 0) is 14.3 Å². The van der Waals surface area contributed by atoms with Crippen molar-refractivity contribution in [2.24, 2.45) is 0 Å². The molecule has 0 aromatic heterocycles. The number of ether oxygens (including phenoxy) is 1. The third-order valence-electron chi connectivity index (χ3n) is 6.92. The molecule has 1 aromatic carbocycles. The maximum Gasteiger partial charge on any atom is 0.305 e. The minimum atomic E-state index is -0.122. The van der Waals surface area contributed by atoms with E-state index in [1.807, 2.05) is 18.7 Å². The van der Waals surface area contributed by atoms with Crippen molar-refractivity contribution in [2.75, 3.05) is 57.3 Å². The second kappa shape index (κ2) is 12.9. The fourth-order valence-electron chi connectivity index (χ4n) is 4.85. The van der Waals surface area contributed by atoms with Crippen LogP contribution in [0.3, 0.4) is 0 Å². The zero-order chi connectivity index (χ0) is 22.8. The van der Waals surface area contributed by atoms with Gasteiger partial charge >= 0.3 is 5.97 Å². The molecule has 1 amide bonds. The summed E-state index contributed by atoms with van der Waals surface area (Å²) in [4.78, 5) is 30.7. The molecule has 178 valence electrons. The first kappa shape index (κ1) is 24.7. The van der Waals surface area contributed by atoms with Crippen LogP contribution in [0.1, 0.15) is 70.3 Å². The van der Waals surface area contributed by atoms with Crippen molar-refractivity contribution in [1.82, 2.24) is 9.80 Å². The van der Waals surface area contributed by atoms with Crippen LogP contribution < -0.4 is 4.90 Å². The Morgan fingerprint density at radius 1 is 0.938 bits per heavy atom. The molecule has 0 radical (unpaired) electrons. The molecule has 1 heterocycles. The zero-order valence-corrected chi connectivity index (χ0v) is 20.1. The average Bonchev–Trinajstić information content (AvgIpc) is 3.37. The number of benzene rings is 1. The lowest BCUT2D eigenvalue weighted by Crippen LogP contribution is -2.48. The Bertz CT molecular complexity index is 708. The molecular formula is C26H41N3O3. The molecule has 0 atom stereocenters. The number of carbonyl (C=O) groups excluding carboxylic acids is 2. The molecule has 2 fully saturated rings. The molecular weight excluding hydrogens is 402 g/mol. The van der Waals surface area contributed by atoms with Gasteiger partial charge in [-0.3, -0.25) is 14.5 Å². The number of amides is 1. The van der Waals surface area contributed by atoms with Gasteiger partial charge in [0.15, 0.2) is 0 Å². The van der Waals surface area contributed by atoms with Crippen LogP contribution in [0.25, 0.3) is 0 Å². The number of anilines is 1. The van der Waals surface area contributed by atoms with E-state index < -0.39 is 0 Å². The van der Waals surface area contributed by atoms with Crippen LogP contribution in [-0.4, -0.2) is 74.1 Å². The number of rotatable bonds is 11. The number of nitrogens with zero attached hydrogens (tertiary/aromatic N) is 3. The molecule has 0 bridgehead atoms. The topological polar surface area (TPSA) is 53.1 Å². The van der Waals surface area contributed by atoms with Gasteiger partial charge < -0.3 is 14.5 Å². The highest BCUT2D eigenvalue weighted by molar-refractivity contribution is 5.93. The van der Waals surface area contributed by atoms with E-state index in [-0.39, 0.29) is 11.9 Å². The van der Waals surface area contributed by atoms with Crippen LogP contribution in [0, 0.1) is 0 Å². The van der Waals surface area contributed by atoms with E-state index in [1.54, 1.807) is 0 Å². The van der Waals surface area contributed by atoms with Gasteiger partial charge in [-0.25, -0.2) is 0 Å². The van der Waals surface area contributed by atoms with E-state index in [2.05, 4.69) is 34.1 Å². The average molecular weight is 444 g/mol. The van der Waals surface area contributed by atoms with E-state index in [1.165, 1.54) is 31.2 Å². The Labute approximate surface area is 193 Å². The molecule has 1 saturated carbocycles. The van der Waals surface area contributed by atoms with Crippen LogP contribution >= 0.6 is 0 Å². The van der Waals surface area contributed by atoms with E-state index >= 15 is 0 Å². The van der Waals surface area contributed by atoms with Crippen molar-refractivity contribution >= 4 is 17.6 Å². The van der Waals surface area contributed by atoms with Gasteiger partial charge in [0, 0.05) is 57.8 Å². The summed E-state index contributed by atoms with van der Waals surface area (Å²) in [6, 6.07) is 8.76. The highest BCUT2D eigenvalue weighted by Crippen LogP contribution is 2.34. The van der Waals surface area contributed by atoms with E-state index in [0.717, 1.165) is 57.9 Å². The lowest BCUT2D eigenvalue weighted by atomic mass is 9.97. The molecule has 1 aromatic rings. The molecule has 0 unspecified atom stereocenters. The van der Waals surface area contributed by atoms with Crippen molar-refractivity contribution in [1.29, 1.82) is 0 Å².